The Bertz CT molecular complexity index is 153. The fraction of sp³-hybridized carbons (Fsp3) is 1.00. The van der Waals surface area contributed by atoms with E-state index in [1.807, 2.05) is 0 Å². The van der Waals surface area contributed by atoms with Gasteiger partial charge in [-0.05, 0) is 12.8 Å². The van der Waals surface area contributed by atoms with Gasteiger partial charge in [-0.2, -0.15) is 0 Å². The van der Waals surface area contributed by atoms with Gasteiger partial charge >= 0.3 is 0 Å². The molecule has 0 fully saturated rings. The number of unbranched alkanes of at least 4 members (excludes halogenated alkanes) is 2. The Balaban J connectivity index is 4.21. The molecule has 0 aromatic heterocycles. The maximum absolute atomic E-state index is 6.29. The van der Waals surface area contributed by atoms with Crippen LogP contribution < -0.4 is 0 Å². The minimum atomic E-state index is -1.23. The molecule has 0 bridgehead atoms. The third kappa shape index (κ3) is 7.15. The molecular weight excluding hydrogens is 274 g/mol. The number of rotatable bonds is 7. The number of hydrogen-bond acceptors (Lipinski definition) is 0. The Labute approximate surface area is 114 Å². The average Bonchev–Trinajstić information content (AvgIpc) is 2.13. The smallest absolute Gasteiger partial charge is 0.123 e. The van der Waals surface area contributed by atoms with E-state index in [1.165, 1.54) is 0 Å². The monoisotopic (exact) mass is 292 g/mol. The highest BCUT2D eigenvalue weighted by molar-refractivity contribution is 6.67. The first-order valence-electron chi connectivity index (χ1n) is 5.64. The fourth-order valence-corrected chi connectivity index (χ4v) is 3.02. The van der Waals surface area contributed by atoms with Crippen LogP contribution in [0.1, 0.15) is 52.4 Å². The van der Waals surface area contributed by atoms with Crippen molar-refractivity contribution in [3.8, 4) is 0 Å². The van der Waals surface area contributed by atoms with Gasteiger partial charge in [0, 0.05) is 11.3 Å². The molecule has 0 spiro atoms. The van der Waals surface area contributed by atoms with Crippen molar-refractivity contribution in [1.29, 1.82) is 0 Å². The Hall–Kier alpha value is 1.16. The van der Waals surface area contributed by atoms with E-state index in [9.17, 15) is 0 Å². The third-order valence-corrected chi connectivity index (χ3v) is 3.92. The fourth-order valence-electron chi connectivity index (χ4n) is 1.57. The summed E-state index contributed by atoms with van der Waals surface area (Å²) >= 11 is 24.2. The molecule has 0 saturated heterocycles. The summed E-state index contributed by atoms with van der Waals surface area (Å²) in [6, 6.07) is 0. The molecule has 4 heteroatoms. The van der Waals surface area contributed by atoms with E-state index in [-0.39, 0.29) is 11.3 Å². The summed E-state index contributed by atoms with van der Waals surface area (Å²) in [5.41, 5.74) is 0. The first-order chi connectivity index (χ1) is 6.93. The molecule has 0 radical (unpaired) electrons. The molecule has 2 atom stereocenters. The molecule has 0 rings (SSSR count). The Kier molecular flexibility index (Phi) is 8.92. The summed E-state index contributed by atoms with van der Waals surface area (Å²) in [6.07, 6.45) is 6.22. The Morgan fingerprint density at radius 2 is 1.40 bits per heavy atom. The zero-order valence-corrected chi connectivity index (χ0v) is 12.4. The van der Waals surface area contributed by atoms with Gasteiger partial charge in [-0.1, -0.05) is 74.3 Å². The first kappa shape index (κ1) is 16.2. The summed E-state index contributed by atoms with van der Waals surface area (Å²) in [7, 11) is 0. The van der Waals surface area contributed by atoms with E-state index in [1.54, 1.807) is 0 Å². The van der Waals surface area contributed by atoms with Crippen LogP contribution in [-0.4, -0.2) is 9.17 Å². The third-order valence-electron chi connectivity index (χ3n) is 2.56. The zero-order chi connectivity index (χ0) is 11.9. The normalized spacial score (nSPS) is 16.4. The van der Waals surface area contributed by atoms with E-state index < -0.39 is 3.79 Å². The van der Waals surface area contributed by atoms with Gasteiger partial charge in [0.15, 0.2) is 3.79 Å². The highest BCUT2D eigenvalue weighted by Gasteiger charge is 2.36. The molecular formula is C11H20Cl4. The van der Waals surface area contributed by atoms with Crippen LogP contribution in [0.5, 0.6) is 0 Å². The van der Waals surface area contributed by atoms with Crippen LogP contribution >= 0.6 is 46.4 Å². The lowest BCUT2D eigenvalue weighted by Crippen LogP contribution is -2.28. The van der Waals surface area contributed by atoms with E-state index in [0.717, 1.165) is 38.5 Å². The molecule has 0 aliphatic carbocycles. The van der Waals surface area contributed by atoms with E-state index >= 15 is 0 Å². The average molecular weight is 294 g/mol. The number of alkyl halides is 4. The first-order valence-corrected chi connectivity index (χ1v) is 7.21. The Morgan fingerprint density at radius 3 is 1.80 bits per heavy atom. The lowest BCUT2D eigenvalue weighted by Gasteiger charge is -2.28. The molecule has 0 aromatic rings. The van der Waals surface area contributed by atoms with Crippen molar-refractivity contribution in [3.63, 3.8) is 0 Å². The lowest BCUT2D eigenvalue weighted by atomic mass is 9.96. The topological polar surface area (TPSA) is 0 Å². The van der Waals surface area contributed by atoms with E-state index in [0.29, 0.717) is 0 Å². The van der Waals surface area contributed by atoms with Crippen LogP contribution in [-0.2, 0) is 0 Å². The maximum Gasteiger partial charge on any atom is 0.194 e. The van der Waals surface area contributed by atoms with Crippen molar-refractivity contribution in [2.24, 2.45) is 5.92 Å². The molecule has 0 aliphatic rings. The summed E-state index contributed by atoms with van der Waals surface area (Å²) in [5, 5.41) is -0.0241. The molecule has 0 unspecified atom stereocenters. The van der Waals surface area contributed by atoms with Crippen molar-refractivity contribution in [2.45, 2.75) is 61.5 Å². The van der Waals surface area contributed by atoms with Crippen molar-refractivity contribution in [2.75, 3.05) is 0 Å². The summed E-state index contributed by atoms with van der Waals surface area (Å²) < 4.78 is -1.23. The minimum absolute atomic E-state index is 0.0241. The van der Waals surface area contributed by atoms with Crippen molar-refractivity contribution in [1.82, 2.24) is 0 Å². The molecule has 0 saturated carbocycles. The summed E-state index contributed by atoms with van der Waals surface area (Å²) in [4.78, 5) is 0. The summed E-state index contributed by atoms with van der Waals surface area (Å²) in [6.45, 7) is 4.27. The van der Waals surface area contributed by atoms with Gasteiger partial charge in [-0.25, -0.2) is 0 Å². The van der Waals surface area contributed by atoms with Crippen molar-refractivity contribution >= 4 is 46.4 Å². The highest BCUT2D eigenvalue weighted by atomic mass is 35.6. The number of halogens is 4. The van der Waals surface area contributed by atoms with Crippen molar-refractivity contribution in [3.05, 3.63) is 0 Å². The van der Waals surface area contributed by atoms with Crippen LogP contribution in [0.4, 0.5) is 0 Å². The molecule has 0 nitrogen and oxygen atoms in total. The molecule has 0 heterocycles. The molecule has 0 aliphatic heterocycles. The van der Waals surface area contributed by atoms with E-state index in [2.05, 4.69) is 13.8 Å². The van der Waals surface area contributed by atoms with Gasteiger partial charge in [0.05, 0.1) is 0 Å². The molecule has 15 heavy (non-hydrogen) atoms. The minimum Gasteiger partial charge on any atom is -0.123 e. The standard InChI is InChI=1S/C11H20Cl4/c1-3-5-7-9(11(13,14)15)10(12)8-6-4-2/h9-10H,3-8H2,1-2H3/t9-,10-/m1/s1. The van der Waals surface area contributed by atoms with Gasteiger partial charge in [0.25, 0.3) is 0 Å². The molecule has 0 aromatic carbocycles. The molecule has 0 N–H and O–H groups in total. The largest absolute Gasteiger partial charge is 0.194 e. The second kappa shape index (κ2) is 8.28. The number of hydrogen-bond donors (Lipinski definition) is 0. The predicted molar refractivity (Wildman–Crippen MR) is 72.5 cm³/mol. The highest BCUT2D eigenvalue weighted by Crippen LogP contribution is 2.42. The summed E-state index contributed by atoms with van der Waals surface area (Å²) in [5.74, 6) is -0.0318. The van der Waals surface area contributed by atoms with E-state index in [4.69, 9.17) is 46.4 Å². The SMILES string of the molecule is CCCC[C@@H](Cl)[C@@H](CCCC)C(Cl)(Cl)Cl. The van der Waals surface area contributed by atoms with Gasteiger partial charge in [-0.3, -0.25) is 0 Å². The van der Waals surface area contributed by atoms with Crippen LogP contribution in [0.3, 0.4) is 0 Å². The van der Waals surface area contributed by atoms with Crippen LogP contribution in [0.15, 0.2) is 0 Å². The van der Waals surface area contributed by atoms with Gasteiger partial charge in [-0.15, -0.1) is 11.6 Å². The molecule has 92 valence electrons. The van der Waals surface area contributed by atoms with Gasteiger partial charge < -0.3 is 0 Å². The lowest BCUT2D eigenvalue weighted by molar-refractivity contribution is 0.428. The van der Waals surface area contributed by atoms with Crippen LogP contribution in [0.25, 0.3) is 0 Å². The van der Waals surface area contributed by atoms with Crippen molar-refractivity contribution < 1.29 is 0 Å². The second-order valence-electron chi connectivity index (χ2n) is 3.95. The quantitative estimate of drug-likeness (QED) is 0.508. The maximum atomic E-state index is 6.29. The van der Waals surface area contributed by atoms with Gasteiger partial charge in [0.1, 0.15) is 0 Å². The predicted octanol–water partition coefficient (Wildman–Crippen LogP) is 5.96. The zero-order valence-electron chi connectivity index (χ0n) is 9.41. The molecule has 0 amide bonds. The Morgan fingerprint density at radius 1 is 0.933 bits per heavy atom. The van der Waals surface area contributed by atoms with Gasteiger partial charge in [0.2, 0.25) is 0 Å². The van der Waals surface area contributed by atoms with Crippen LogP contribution in [0.2, 0.25) is 0 Å². The van der Waals surface area contributed by atoms with Crippen LogP contribution in [0, 0.1) is 5.92 Å². The second-order valence-corrected chi connectivity index (χ2v) is 6.88.